The smallest absolute Gasteiger partial charge is 0.419 e. The largest absolute Gasteiger partial charge is 0.436 e. The average Bonchev–Trinajstić information content (AvgIpc) is 3.47. The molecule has 1 amide bonds. The Bertz CT molecular complexity index is 1590. The highest BCUT2D eigenvalue weighted by molar-refractivity contribution is 6.08. The first-order chi connectivity index (χ1) is 17.4. The van der Waals surface area contributed by atoms with Gasteiger partial charge in [0.15, 0.2) is 11.3 Å². The molecule has 0 atom stereocenters. The lowest BCUT2D eigenvalue weighted by atomic mass is 10.1. The van der Waals surface area contributed by atoms with Crippen LogP contribution in [0.25, 0.3) is 33.9 Å². The van der Waals surface area contributed by atoms with Gasteiger partial charge in [-0.15, -0.1) is 0 Å². The summed E-state index contributed by atoms with van der Waals surface area (Å²) in [5, 5.41) is 2.93. The van der Waals surface area contributed by atoms with Gasteiger partial charge in [0.1, 0.15) is 0 Å². The molecule has 8 heteroatoms. The quantitative estimate of drug-likeness (QED) is 0.349. The normalized spacial score (nSPS) is 11.3. The molecule has 0 unspecified atom stereocenters. The summed E-state index contributed by atoms with van der Waals surface area (Å²) in [7, 11) is 3.88. The summed E-state index contributed by atoms with van der Waals surface area (Å²) in [4.78, 5) is 32.0. The lowest BCUT2D eigenvalue weighted by Crippen LogP contribution is -2.23. The second kappa shape index (κ2) is 9.67. The molecule has 36 heavy (non-hydrogen) atoms. The summed E-state index contributed by atoms with van der Waals surface area (Å²) >= 11 is 0. The number of fused-ring (bicyclic) bond motifs is 1. The van der Waals surface area contributed by atoms with E-state index in [4.69, 9.17) is 8.83 Å². The van der Waals surface area contributed by atoms with Crippen molar-refractivity contribution >= 4 is 22.7 Å². The molecule has 5 aromatic rings. The molecule has 0 aliphatic carbocycles. The van der Waals surface area contributed by atoms with E-state index in [1.807, 2.05) is 56.3 Å². The molecule has 0 saturated carbocycles. The Morgan fingerprint density at radius 2 is 1.81 bits per heavy atom. The maximum Gasteiger partial charge on any atom is 0.419 e. The Labute approximate surface area is 207 Å². The molecule has 2 aromatic heterocycles. The number of likely N-dealkylation sites (N-methyl/N-ethyl adjacent to an activating group) is 1. The average molecular weight is 483 g/mol. The van der Waals surface area contributed by atoms with Crippen molar-refractivity contribution in [1.29, 1.82) is 0 Å². The van der Waals surface area contributed by atoms with Crippen LogP contribution in [0.1, 0.15) is 15.9 Å². The van der Waals surface area contributed by atoms with Crippen LogP contribution < -0.4 is 11.1 Å². The zero-order valence-electron chi connectivity index (χ0n) is 20.3. The van der Waals surface area contributed by atoms with Gasteiger partial charge in [-0.3, -0.25) is 9.36 Å². The number of hydrogen-bond acceptors (Lipinski definition) is 6. The van der Waals surface area contributed by atoms with Crippen LogP contribution in [-0.2, 0) is 6.54 Å². The third kappa shape index (κ3) is 4.71. The van der Waals surface area contributed by atoms with Crippen LogP contribution in [0.4, 0.5) is 5.69 Å². The van der Waals surface area contributed by atoms with Crippen LogP contribution in [0, 0.1) is 6.92 Å². The summed E-state index contributed by atoms with van der Waals surface area (Å²) < 4.78 is 12.9. The highest BCUT2D eigenvalue weighted by Crippen LogP contribution is 2.29. The number of carbonyl (C=O) groups is 1. The zero-order valence-corrected chi connectivity index (χ0v) is 20.3. The molecule has 8 nitrogen and oxygen atoms in total. The summed E-state index contributed by atoms with van der Waals surface area (Å²) in [6, 6.07) is 20.3. The molecular formula is C28H26N4O4. The van der Waals surface area contributed by atoms with Gasteiger partial charge in [0.2, 0.25) is 5.89 Å². The molecule has 0 aliphatic heterocycles. The topological polar surface area (TPSA) is 93.5 Å². The molecule has 3 aromatic carbocycles. The number of rotatable bonds is 7. The van der Waals surface area contributed by atoms with Crippen molar-refractivity contribution in [2.45, 2.75) is 13.5 Å². The fourth-order valence-corrected chi connectivity index (χ4v) is 3.97. The molecule has 5 rings (SSSR count). The first-order valence-electron chi connectivity index (χ1n) is 11.6. The van der Waals surface area contributed by atoms with E-state index in [0.717, 1.165) is 11.1 Å². The van der Waals surface area contributed by atoms with E-state index in [9.17, 15) is 9.59 Å². The number of anilines is 1. The number of nitrogens with one attached hydrogen (secondary N) is 1. The van der Waals surface area contributed by atoms with E-state index in [0.29, 0.717) is 52.7 Å². The minimum Gasteiger partial charge on any atom is -0.436 e. The standard InChI is InChI=1S/C28H26N4O4/c1-18-8-10-19(11-9-18)25-17-29-27(35-25)22-7-5-4-6-21(22)26(33)30-20-12-13-24-23(16-20)32(28(34)36-24)15-14-31(2)3/h4-13,16-17H,14-15H2,1-3H3,(H,30,33). The maximum atomic E-state index is 13.3. The molecule has 0 radical (unpaired) electrons. The molecule has 0 aliphatic rings. The van der Waals surface area contributed by atoms with E-state index < -0.39 is 5.76 Å². The Morgan fingerprint density at radius 3 is 2.58 bits per heavy atom. The second-order valence-electron chi connectivity index (χ2n) is 8.90. The van der Waals surface area contributed by atoms with E-state index in [1.54, 1.807) is 47.2 Å². The van der Waals surface area contributed by atoms with Crippen LogP contribution in [0.5, 0.6) is 0 Å². The fraction of sp³-hybridized carbons (Fsp3) is 0.179. The third-order valence-corrected chi connectivity index (χ3v) is 5.94. The Hall–Kier alpha value is -4.43. The summed E-state index contributed by atoms with van der Waals surface area (Å²) in [5.41, 5.74) is 4.73. The van der Waals surface area contributed by atoms with Gasteiger partial charge in [-0.25, -0.2) is 9.78 Å². The molecule has 0 saturated heterocycles. The van der Waals surface area contributed by atoms with Gasteiger partial charge < -0.3 is 19.1 Å². The lowest BCUT2D eigenvalue weighted by Gasteiger charge is -2.10. The Morgan fingerprint density at radius 1 is 1.03 bits per heavy atom. The molecule has 1 N–H and O–H groups in total. The number of carbonyl (C=O) groups excluding carboxylic acids is 1. The van der Waals surface area contributed by atoms with Crippen LogP contribution in [0.15, 0.2) is 86.6 Å². The number of hydrogen-bond donors (Lipinski definition) is 1. The van der Waals surface area contributed by atoms with Crippen molar-refractivity contribution in [2.75, 3.05) is 26.0 Å². The number of aryl methyl sites for hydroxylation is 1. The first kappa shape index (κ1) is 23.3. The van der Waals surface area contributed by atoms with Crippen molar-refractivity contribution < 1.29 is 13.6 Å². The van der Waals surface area contributed by atoms with Crippen LogP contribution in [0.3, 0.4) is 0 Å². The summed E-state index contributed by atoms with van der Waals surface area (Å²) in [6.07, 6.45) is 1.66. The van der Waals surface area contributed by atoms with E-state index in [2.05, 4.69) is 10.3 Å². The van der Waals surface area contributed by atoms with E-state index in [-0.39, 0.29) is 5.91 Å². The van der Waals surface area contributed by atoms with Crippen molar-refractivity contribution in [3.63, 3.8) is 0 Å². The lowest BCUT2D eigenvalue weighted by molar-refractivity contribution is 0.102. The number of nitrogens with zero attached hydrogens (tertiary/aromatic N) is 3. The maximum absolute atomic E-state index is 13.3. The third-order valence-electron chi connectivity index (χ3n) is 5.94. The number of benzene rings is 3. The highest BCUT2D eigenvalue weighted by Gasteiger charge is 2.18. The molecule has 2 heterocycles. The van der Waals surface area contributed by atoms with Crippen molar-refractivity contribution in [3.05, 3.63) is 94.6 Å². The highest BCUT2D eigenvalue weighted by atomic mass is 16.4. The van der Waals surface area contributed by atoms with Crippen LogP contribution >= 0.6 is 0 Å². The fourth-order valence-electron chi connectivity index (χ4n) is 3.97. The number of amides is 1. The number of oxazole rings is 2. The predicted molar refractivity (Wildman–Crippen MR) is 139 cm³/mol. The Balaban J connectivity index is 1.42. The predicted octanol–water partition coefficient (Wildman–Crippen LogP) is 5.04. The molecular weight excluding hydrogens is 456 g/mol. The van der Waals surface area contributed by atoms with Gasteiger partial charge in [0, 0.05) is 29.9 Å². The van der Waals surface area contributed by atoms with E-state index >= 15 is 0 Å². The molecule has 0 spiro atoms. The number of aromatic nitrogens is 2. The van der Waals surface area contributed by atoms with Gasteiger partial charge in [0.25, 0.3) is 5.91 Å². The molecule has 0 bridgehead atoms. The van der Waals surface area contributed by atoms with Gasteiger partial charge in [-0.2, -0.15) is 0 Å². The summed E-state index contributed by atoms with van der Waals surface area (Å²) in [6.45, 7) is 3.18. The SMILES string of the molecule is Cc1ccc(-c2cnc(-c3ccccc3C(=O)Nc3ccc4oc(=O)n(CCN(C)C)c4c3)o2)cc1. The van der Waals surface area contributed by atoms with Gasteiger partial charge in [-0.05, 0) is 51.4 Å². The summed E-state index contributed by atoms with van der Waals surface area (Å²) in [5.74, 6) is 0.250. The van der Waals surface area contributed by atoms with Crippen molar-refractivity contribution in [2.24, 2.45) is 0 Å². The minimum atomic E-state index is -0.422. The van der Waals surface area contributed by atoms with Gasteiger partial charge >= 0.3 is 5.76 Å². The zero-order chi connectivity index (χ0) is 25.2. The Kier molecular flexibility index (Phi) is 6.26. The van der Waals surface area contributed by atoms with Crippen molar-refractivity contribution in [1.82, 2.24) is 14.5 Å². The monoisotopic (exact) mass is 482 g/mol. The van der Waals surface area contributed by atoms with Crippen molar-refractivity contribution in [3.8, 4) is 22.8 Å². The van der Waals surface area contributed by atoms with Crippen LogP contribution in [0.2, 0.25) is 0 Å². The van der Waals surface area contributed by atoms with Gasteiger partial charge in [-0.1, -0.05) is 42.0 Å². The van der Waals surface area contributed by atoms with Gasteiger partial charge in [0.05, 0.1) is 17.3 Å². The molecule has 182 valence electrons. The first-order valence-corrected chi connectivity index (χ1v) is 11.6. The molecule has 0 fully saturated rings. The van der Waals surface area contributed by atoms with Crippen LogP contribution in [-0.4, -0.2) is 41.0 Å². The minimum absolute atomic E-state index is 0.314. The second-order valence-corrected chi connectivity index (χ2v) is 8.90. The van der Waals surface area contributed by atoms with E-state index in [1.165, 1.54) is 0 Å².